The maximum Gasteiger partial charge on any atom is 0.194 e. The van der Waals surface area contributed by atoms with E-state index in [2.05, 4.69) is 18.7 Å². The summed E-state index contributed by atoms with van der Waals surface area (Å²) in [6.45, 7) is 3.76. The van der Waals surface area contributed by atoms with Crippen LogP contribution in [0.3, 0.4) is 0 Å². The Morgan fingerprint density at radius 3 is 1.93 bits per heavy atom. The SMILES string of the molecule is C=CCC/C=C/C1CCC(C2CCC(c3cc(F)c(F)c(F)c3)CC2)CC1. The van der Waals surface area contributed by atoms with Crippen LogP contribution in [0.15, 0.2) is 36.9 Å². The van der Waals surface area contributed by atoms with E-state index in [1.807, 2.05) is 6.08 Å². The Hall–Kier alpha value is -1.51. The van der Waals surface area contributed by atoms with Crippen LogP contribution in [0.5, 0.6) is 0 Å². The highest BCUT2D eigenvalue weighted by Gasteiger charge is 2.31. The van der Waals surface area contributed by atoms with Gasteiger partial charge in [0.1, 0.15) is 0 Å². The highest BCUT2D eigenvalue weighted by atomic mass is 19.2. The monoisotopic (exact) mass is 376 g/mol. The van der Waals surface area contributed by atoms with Crippen molar-refractivity contribution in [2.75, 3.05) is 0 Å². The molecule has 0 unspecified atom stereocenters. The summed E-state index contributed by atoms with van der Waals surface area (Å²) in [6, 6.07) is 2.38. The van der Waals surface area contributed by atoms with Gasteiger partial charge in [-0.15, -0.1) is 6.58 Å². The molecule has 0 aliphatic heterocycles. The van der Waals surface area contributed by atoms with Gasteiger partial charge in [0.2, 0.25) is 0 Å². The molecule has 0 bridgehead atoms. The molecule has 0 amide bonds. The molecule has 3 rings (SSSR count). The summed E-state index contributed by atoms with van der Waals surface area (Å²) in [5.41, 5.74) is 0.623. The Morgan fingerprint density at radius 2 is 1.37 bits per heavy atom. The number of benzene rings is 1. The third kappa shape index (κ3) is 5.27. The lowest BCUT2D eigenvalue weighted by Crippen LogP contribution is -2.25. The molecule has 1 aromatic carbocycles. The van der Waals surface area contributed by atoms with E-state index in [0.29, 0.717) is 5.56 Å². The van der Waals surface area contributed by atoms with Crippen LogP contribution in [-0.4, -0.2) is 0 Å². The number of halogens is 3. The third-order valence-corrected chi connectivity index (χ3v) is 6.68. The lowest BCUT2D eigenvalue weighted by molar-refractivity contribution is 0.171. The lowest BCUT2D eigenvalue weighted by atomic mass is 9.68. The topological polar surface area (TPSA) is 0 Å². The minimum atomic E-state index is -1.36. The molecule has 2 saturated carbocycles. The van der Waals surface area contributed by atoms with E-state index < -0.39 is 17.5 Å². The van der Waals surface area contributed by atoms with Crippen molar-refractivity contribution in [2.24, 2.45) is 17.8 Å². The number of hydrogen-bond acceptors (Lipinski definition) is 0. The van der Waals surface area contributed by atoms with Gasteiger partial charge in [-0.3, -0.25) is 0 Å². The molecule has 0 nitrogen and oxygen atoms in total. The average molecular weight is 377 g/mol. The predicted molar refractivity (Wildman–Crippen MR) is 105 cm³/mol. The van der Waals surface area contributed by atoms with Crippen molar-refractivity contribution < 1.29 is 13.2 Å². The molecule has 2 aliphatic carbocycles. The summed E-state index contributed by atoms with van der Waals surface area (Å²) in [5.74, 6) is -1.06. The maximum atomic E-state index is 13.5. The third-order valence-electron chi connectivity index (χ3n) is 6.68. The first kappa shape index (κ1) is 20.2. The molecule has 3 heteroatoms. The average Bonchev–Trinajstić information content (AvgIpc) is 2.70. The zero-order chi connectivity index (χ0) is 19.2. The Balaban J connectivity index is 1.46. The van der Waals surface area contributed by atoms with Gasteiger partial charge in [0.25, 0.3) is 0 Å². The van der Waals surface area contributed by atoms with Gasteiger partial charge in [0.05, 0.1) is 0 Å². The van der Waals surface area contributed by atoms with Crippen molar-refractivity contribution in [3.63, 3.8) is 0 Å². The summed E-state index contributed by atoms with van der Waals surface area (Å²) in [7, 11) is 0. The normalized spacial score (nSPS) is 29.1. The van der Waals surface area contributed by atoms with Crippen LogP contribution in [0.2, 0.25) is 0 Å². The summed E-state index contributed by atoms with van der Waals surface area (Å²) in [5, 5.41) is 0. The molecule has 0 spiro atoms. The number of unbranched alkanes of at least 4 members (excludes halogenated alkanes) is 1. The molecule has 148 valence electrons. The smallest absolute Gasteiger partial charge is 0.194 e. The summed E-state index contributed by atoms with van der Waals surface area (Å²) < 4.78 is 40.2. The summed E-state index contributed by atoms with van der Waals surface area (Å²) in [4.78, 5) is 0. The first-order valence-electron chi connectivity index (χ1n) is 10.5. The molecule has 0 N–H and O–H groups in total. The fourth-order valence-electron chi connectivity index (χ4n) is 5.05. The molecule has 2 fully saturated rings. The Kier molecular flexibility index (Phi) is 7.20. The van der Waals surface area contributed by atoms with E-state index in [4.69, 9.17) is 0 Å². The van der Waals surface area contributed by atoms with Crippen LogP contribution in [0.1, 0.15) is 75.7 Å². The molecular formula is C24H31F3. The first-order valence-corrected chi connectivity index (χ1v) is 10.5. The number of rotatable bonds is 6. The van der Waals surface area contributed by atoms with Crippen molar-refractivity contribution >= 4 is 0 Å². The van der Waals surface area contributed by atoms with Crippen molar-refractivity contribution in [2.45, 2.75) is 70.1 Å². The van der Waals surface area contributed by atoms with E-state index in [1.165, 1.54) is 37.8 Å². The summed E-state index contributed by atoms with van der Waals surface area (Å²) in [6.07, 6.45) is 18.1. The Labute approximate surface area is 161 Å². The molecule has 27 heavy (non-hydrogen) atoms. The van der Waals surface area contributed by atoms with Crippen LogP contribution in [0, 0.1) is 35.2 Å². The number of hydrogen-bond donors (Lipinski definition) is 0. The van der Waals surface area contributed by atoms with E-state index in [9.17, 15) is 13.2 Å². The zero-order valence-corrected chi connectivity index (χ0v) is 16.1. The van der Waals surface area contributed by atoms with Crippen LogP contribution < -0.4 is 0 Å². The van der Waals surface area contributed by atoms with Crippen molar-refractivity contribution in [1.82, 2.24) is 0 Å². The Bertz CT molecular complexity index is 625. The Morgan fingerprint density at radius 1 is 0.815 bits per heavy atom. The minimum absolute atomic E-state index is 0.162. The van der Waals surface area contributed by atoms with Crippen LogP contribution in [0.4, 0.5) is 13.2 Å². The standard InChI is InChI=1S/C24H31F3/c1-2-3-4-5-6-17-7-9-18(10-8-17)19-11-13-20(14-12-19)21-15-22(25)24(27)23(26)16-21/h2,5-6,15-20H,1,3-4,7-14H2/b6-5+. The molecule has 0 atom stereocenters. The van der Waals surface area contributed by atoms with E-state index in [0.717, 1.165) is 56.3 Å². The van der Waals surface area contributed by atoms with Gasteiger partial charge < -0.3 is 0 Å². The largest absolute Gasteiger partial charge is 0.204 e. The zero-order valence-electron chi connectivity index (χ0n) is 16.1. The molecule has 0 radical (unpaired) electrons. The quantitative estimate of drug-likeness (QED) is 0.271. The second-order valence-electron chi connectivity index (χ2n) is 8.38. The molecule has 2 aliphatic rings. The van der Waals surface area contributed by atoms with Crippen molar-refractivity contribution in [3.8, 4) is 0 Å². The molecule has 1 aromatic rings. The molecular weight excluding hydrogens is 345 g/mol. The highest BCUT2D eigenvalue weighted by Crippen LogP contribution is 2.44. The number of allylic oxidation sites excluding steroid dienone is 3. The predicted octanol–water partition coefficient (Wildman–Crippen LogP) is 7.71. The lowest BCUT2D eigenvalue weighted by Gasteiger charge is -2.37. The van der Waals surface area contributed by atoms with Gasteiger partial charge in [-0.25, -0.2) is 13.2 Å². The van der Waals surface area contributed by atoms with E-state index >= 15 is 0 Å². The molecule has 0 aromatic heterocycles. The minimum Gasteiger partial charge on any atom is -0.204 e. The van der Waals surface area contributed by atoms with Gasteiger partial charge in [-0.2, -0.15) is 0 Å². The van der Waals surface area contributed by atoms with E-state index in [-0.39, 0.29) is 5.92 Å². The highest BCUT2D eigenvalue weighted by molar-refractivity contribution is 5.23. The fraction of sp³-hybridized carbons (Fsp3) is 0.583. The van der Waals surface area contributed by atoms with Crippen molar-refractivity contribution in [1.29, 1.82) is 0 Å². The van der Waals surface area contributed by atoms with Gasteiger partial charge in [0.15, 0.2) is 17.5 Å². The van der Waals surface area contributed by atoms with Gasteiger partial charge in [-0.1, -0.05) is 18.2 Å². The van der Waals surface area contributed by atoms with Crippen LogP contribution >= 0.6 is 0 Å². The van der Waals surface area contributed by atoms with Gasteiger partial charge in [-0.05, 0) is 106 Å². The van der Waals surface area contributed by atoms with E-state index in [1.54, 1.807) is 0 Å². The fourth-order valence-corrected chi connectivity index (χ4v) is 5.05. The maximum absolute atomic E-state index is 13.5. The van der Waals surface area contributed by atoms with Crippen molar-refractivity contribution in [3.05, 3.63) is 60.0 Å². The van der Waals surface area contributed by atoms with Gasteiger partial charge in [0, 0.05) is 0 Å². The second-order valence-corrected chi connectivity index (χ2v) is 8.38. The van der Waals surface area contributed by atoms with Crippen LogP contribution in [-0.2, 0) is 0 Å². The first-order chi connectivity index (χ1) is 13.1. The molecule has 0 heterocycles. The van der Waals surface area contributed by atoms with Crippen LogP contribution in [0.25, 0.3) is 0 Å². The molecule has 0 saturated heterocycles. The van der Waals surface area contributed by atoms with Gasteiger partial charge >= 0.3 is 0 Å². The summed E-state index contributed by atoms with van der Waals surface area (Å²) >= 11 is 0. The second kappa shape index (κ2) is 9.61.